The Labute approximate surface area is 164 Å². The summed E-state index contributed by atoms with van der Waals surface area (Å²) in [7, 11) is 1.66. The lowest BCUT2D eigenvalue weighted by atomic mass is 10.1. The van der Waals surface area contributed by atoms with Crippen molar-refractivity contribution in [3.63, 3.8) is 0 Å². The SMILES string of the molecule is COc1ccc(/C=C2/SC(=Nc3ccc(C)cc3)N(C(C)C)C2=O)cc1C. The van der Waals surface area contributed by atoms with Crippen molar-refractivity contribution < 1.29 is 9.53 Å². The van der Waals surface area contributed by atoms with E-state index in [-0.39, 0.29) is 11.9 Å². The number of ether oxygens (including phenoxy) is 1. The van der Waals surface area contributed by atoms with E-state index in [1.165, 1.54) is 17.3 Å². The summed E-state index contributed by atoms with van der Waals surface area (Å²) in [4.78, 5) is 20.1. The predicted octanol–water partition coefficient (Wildman–Crippen LogP) is 5.32. The molecule has 5 heteroatoms. The number of hydrogen-bond acceptors (Lipinski definition) is 4. The van der Waals surface area contributed by atoms with Gasteiger partial charge in [-0.25, -0.2) is 4.99 Å². The summed E-state index contributed by atoms with van der Waals surface area (Å²) < 4.78 is 5.31. The van der Waals surface area contributed by atoms with Gasteiger partial charge in [0.1, 0.15) is 5.75 Å². The Morgan fingerprint density at radius 3 is 2.41 bits per heavy atom. The van der Waals surface area contributed by atoms with Crippen LogP contribution in [0.1, 0.15) is 30.5 Å². The third-order valence-electron chi connectivity index (χ3n) is 4.33. The topological polar surface area (TPSA) is 41.9 Å². The van der Waals surface area contributed by atoms with Crippen molar-refractivity contribution >= 4 is 34.6 Å². The monoisotopic (exact) mass is 380 g/mol. The minimum Gasteiger partial charge on any atom is -0.496 e. The highest BCUT2D eigenvalue weighted by atomic mass is 32.2. The number of thioether (sulfide) groups is 1. The second kappa shape index (κ2) is 8.01. The minimum absolute atomic E-state index is 0.00525. The summed E-state index contributed by atoms with van der Waals surface area (Å²) in [6, 6.07) is 13.9. The Morgan fingerprint density at radius 1 is 1.11 bits per heavy atom. The predicted molar refractivity (Wildman–Crippen MR) is 114 cm³/mol. The van der Waals surface area contributed by atoms with Crippen molar-refractivity contribution in [1.29, 1.82) is 0 Å². The molecular formula is C22H24N2O2S. The van der Waals surface area contributed by atoms with Gasteiger partial charge in [-0.3, -0.25) is 9.69 Å². The number of amides is 1. The number of rotatable bonds is 4. The number of benzene rings is 2. The van der Waals surface area contributed by atoms with Crippen molar-refractivity contribution in [2.24, 2.45) is 4.99 Å². The molecule has 4 nitrogen and oxygen atoms in total. The van der Waals surface area contributed by atoms with Crippen LogP contribution in [0.3, 0.4) is 0 Å². The van der Waals surface area contributed by atoms with Gasteiger partial charge >= 0.3 is 0 Å². The van der Waals surface area contributed by atoms with Gasteiger partial charge in [-0.1, -0.05) is 23.8 Å². The summed E-state index contributed by atoms with van der Waals surface area (Å²) >= 11 is 1.42. The molecular weight excluding hydrogens is 356 g/mol. The van der Waals surface area contributed by atoms with Crippen molar-refractivity contribution in [2.75, 3.05) is 7.11 Å². The Morgan fingerprint density at radius 2 is 1.81 bits per heavy atom. The Bertz CT molecular complexity index is 914. The first-order chi connectivity index (χ1) is 12.9. The van der Waals surface area contributed by atoms with Gasteiger partial charge in [0.05, 0.1) is 17.7 Å². The lowest BCUT2D eigenvalue weighted by Gasteiger charge is -2.19. The maximum absolute atomic E-state index is 12.9. The molecule has 1 saturated heterocycles. The number of amidine groups is 1. The molecule has 0 bridgehead atoms. The van der Waals surface area contributed by atoms with E-state index < -0.39 is 0 Å². The number of aliphatic imine (C=N–C) groups is 1. The molecule has 1 heterocycles. The molecule has 1 fully saturated rings. The van der Waals surface area contributed by atoms with E-state index >= 15 is 0 Å². The molecule has 1 amide bonds. The van der Waals surface area contributed by atoms with Gasteiger partial charge in [-0.2, -0.15) is 0 Å². The van der Waals surface area contributed by atoms with E-state index in [1.807, 2.05) is 76.2 Å². The average molecular weight is 381 g/mol. The van der Waals surface area contributed by atoms with Crippen LogP contribution in [0.2, 0.25) is 0 Å². The number of methoxy groups -OCH3 is 1. The first kappa shape index (κ1) is 19.2. The van der Waals surface area contributed by atoms with Gasteiger partial charge in [0.15, 0.2) is 5.17 Å². The van der Waals surface area contributed by atoms with Crippen molar-refractivity contribution in [2.45, 2.75) is 33.7 Å². The normalized spacial score (nSPS) is 17.4. The molecule has 2 aromatic rings. The second-order valence-electron chi connectivity index (χ2n) is 6.84. The number of hydrogen-bond donors (Lipinski definition) is 0. The van der Waals surface area contributed by atoms with Crippen LogP contribution < -0.4 is 4.74 Å². The zero-order valence-electron chi connectivity index (χ0n) is 16.3. The molecule has 0 unspecified atom stereocenters. The first-order valence-corrected chi connectivity index (χ1v) is 9.74. The molecule has 0 aromatic heterocycles. The summed E-state index contributed by atoms with van der Waals surface area (Å²) in [5.41, 5.74) is 4.05. The molecule has 27 heavy (non-hydrogen) atoms. The smallest absolute Gasteiger partial charge is 0.266 e. The highest BCUT2D eigenvalue weighted by molar-refractivity contribution is 8.18. The summed E-state index contributed by atoms with van der Waals surface area (Å²) in [6.07, 6.45) is 1.92. The fraction of sp³-hybridized carbons (Fsp3) is 0.273. The molecule has 0 atom stereocenters. The van der Waals surface area contributed by atoms with Crippen LogP contribution in [0.5, 0.6) is 5.75 Å². The number of nitrogens with zero attached hydrogens (tertiary/aromatic N) is 2. The van der Waals surface area contributed by atoms with Crippen LogP contribution in [0.15, 0.2) is 52.4 Å². The Hall–Kier alpha value is -2.53. The third kappa shape index (κ3) is 4.25. The van der Waals surface area contributed by atoms with Crippen LogP contribution in [0.4, 0.5) is 5.69 Å². The van der Waals surface area contributed by atoms with Gasteiger partial charge in [-0.15, -0.1) is 0 Å². The van der Waals surface area contributed by atoms with E-state index in [0.717, 1.165) is 27.7 Å². The molecule has 1 aliphatic rings. The van der Waals surface area contributed by atoms with Crippen molar-refractivity contribution in [1.82, 2.24) is 4.90 Å². The summed E-state index contributed by atoms with van der Waals surface area (Å²) in [6.45, 7) is 8.05. The number of carbonyl (C=O) groups is 1. The van der Waals surface area contributed by atoms with Gasteiger partial charge in [-0.05, 0) is 80.9 Å². The summed E-state index contributed by atoms with van der Waals surface area (Å²) in [5.74, 6) is 0.835. The van der Waals surface area contributed by atoms with E-state index in [9.17, 15) is 4.79 Å². The van der Waals surface area contributed by atoms with E-state index in [4.69, 9.17) is 9.73 Å². The zero-order chi connectivity index (χ0) is 19.6. The Balaban J connectivity index is 1.95. The Kier molecular flexibility index (Phi) is 5.71. The number of carbonyl (C=O) groups excluding carboxylic acids is 1. The molecule has 140 valence electrons. The second-order valence-corrected chi connectivity index (χ2v) is 7.85. The van der Waals surface area contributed by atoms with Gasteiger partial charge in [0.2, 0.25) is 0 Å². The minimum atomic E-state index is -0.00525. The van der Waals surface area contributed by atoms with E-state index in [2.05, 4.69) is 0 Å². The molecule has 0 spiro atoms. The lowest BCUT2D eigenvalue weighted by Crippen LogP contribution is -2.35. The average Bonchev–Trinajstić information content (AvgIpc) is 2.92. The van der Waals surface area contributed by atoms with Gasteiger partial charge in [0.25, 0.3) is 5.91 Å². The van der Waals surface area contributed by atoms with Crippen LogP contribution in [-0.2, 0) is 4.79 Å². The van der Waals surface area contributed by atoms with Crippen molar-refractivity contribution in [3.05, 3.63) is 64.1 Å². The molecule has 0 saturated carbocycles. The summed E-state index contributed by atoms with van der Waals surface area (Å²) in [5, 5.41) is 0.718. The van der Waals surface area contributed by atoms with E-state index in [1.54, 1.807) is 12.0 Å². The largest absolute Gasteiger partial charge is 0.496 e. The standard InChI is InChI=1S/C22H24N2O2S/c1-14(2)24-21(25)20(13-17-8-11-19(26-5)16(4)12-17)27-22(24)23-18-9-6-15(3)7-10-18/h6-14H,1-5H3/b20-13+,23-22?. The van der Waals surface area contributed by atoms with Crippen molar-refractivity contribution in [3.8, 4) is 5.75 Å². The van der Waals surface area contributed by atoms with Gasteiger partial charge in [0, 0.05) is 6.04 Å². The molecule has 1 aliphatic heterocycles. The fourth-order valence-electron chi connectivity index (χ4n) is 2.89. The molecule has 0 radical (unpaired) electrons. The van der Waals surface area contributed by atoms with Gasteiger partial charge < -0.3 is 4.74 Å². The molecule has 0 aliphatic carbocycles. The maximum Gasteiger partial charge on any atom is 0.266 e. The fourth-order valence-corrected chi connectivity index (χ4v) is 4.01. The third-order valence-corrected chi connectivity index (χ3v) is 5.31. The molecule has 0 N–H and O–H groups in total. The van der Waals surface area contributed by atoms with Crippen LogP contribution >= 0.6 is 11.8 Å². The van der Waals surface area contributed by atoms with E-state index in [0.29, 0.717) is 4.91 Å². The number of aryl methyl sites for hydroxylation is 2. The van der Waals surface area contributed by atoms with Crippen LogP contribution in [0.25, 0.3) is 6.08 Å². The molecule has 2 aromatic carbocycles. The molecule has 3 rings (SSSR count). The zero-order valence-corrected chi connectivity index (χ0v) is 17.1. The first-order valence-electron chi connectivity index (χ1n) is 8.92. The van der Waals surface area contributed by atoms with Crippen LogP contribution in [-0.4, -0.2) is 29.1 Å². The lowest BCUT2D eigenvalue weighted by molar-refractivity contribution is -0.123. The highest BCUT2D eigenvalue weighted by Crippen LogP contribution is 2.35. The quantitative estimate of drug-likeness (QED) is 0.674. The highest BCUT2D eigenvalue weighted by Gasteiger charge is 2.35. The maximum atomic E-state index is 12.9. The van der Waals surface area contributed by atoms with Crippen LogP contribution in [0, 0.1) is 13.8 Å².